The second-order valence-corrected chi connectivity index (χ2v) is 4.88. The molecule has 0 aliphatic heterocycles. The lowest BCUT2D eigenvalue weighted by atomic mass is 10.2. The predicted octanol–water partition coefficient (Wildman–Crippen LogP) is 4.13. The number of halogens is 1. The van der Waals surface area contributed by atoms with Crippen LogP contribution in [0, 0.1) is 0 Å². The molecular weight excluding hydrogens is 272 g/mol. The maximum atomic E-state index is 5.62. The summed E-state index contributed by atoms with van der Waals surface area (Å²) in [6.45, 7) is 0.734. The molecule has 0 unspecified atom stereocenters. The molecule has 1 aromatic heterocycles. The van der Waals surface area contributed by atoms with E-state index in [0.717, 1.165) is 23.2 Å². The summed E-state index contributed by atoms with van der Waals surface area (Å²) in [7, 11) is 0. The fraction of sp³-hybridized carbons (Fsp3) is 0.167. The van der Waals surface area contributed by atoms with Gasteiger partial charge in [0.05, 0.1) is 6.61 Å². The monoisotopic (exact) mass is 282 g/mol. The van der Waals surface area contributed by atoms with Crippen LogP contribution in [0.15, 0.2) is 45.6 Å². The van der Waals surface area contributed by atoms with Crippen LogP contribution in [0.3, 0.4) is 0 Å². The summed E-state index contributed by atoms with van der Waals surface area (Å²) >= 11 is 5.12. The third kappa shape index (κ3) is 3.36. The summed E-state index contributed by atoms with van der Waals surface area (Å²) in [5.41, 5.74) is 1.34. The molecule has 0 aliphatic rings. The van der Waals surface area contributed by atoms with Crippen molar-refractivity contribution >= 4 is 27.3 Å². The van der Waals surface area contributed by atoms with Crippen LogP contribution in [0.4, 0.5) is 0 Å². The number of benzene rings is 1. The fourth-order valence-electron chi connectivity index (χ4n) is 1.25. The second kappa shape index (κ2) is 5.33. The van der Waals surface area contributed by atoms with Crippen molar-refractivity contribution in [1.29, 1.82) is 0 Å². The molecule has 2 rings (SSSR count). The SMILES string of the molecule is Brc1ccc(OCCc2ccsc2)cc1. The molecule has 0 saturated carbocycles. The Bertz CT molecular complexity index is 394. The van der Waals surface area contributed by atoms with Gasteiger partial charge >= 0.3 is 0 Å². The zero-order valence-corrected chi connectivity index (χ0v) is 10.6. The van der Waals surface area contributed by atoms with Gasteiger partial charge in [0.1, 0.15) is 5.75 Å². The van der Waals surface area contributed by atoms with Crippen molar-refractivity contribution in [3.8, 4) is 5.75 Å². The van der Waals surface area contributed by atoms with E-state index in [1.807, 2.05) is 24.3 Å². The summed E-state index contributed by atoms with van der Waals surface area (Å²) in [6, 6.07) is 10.0. The average molecular weight is 283 g/mol. The third-order valence-corrected chi connectivity index (χ3v) is 3.31. The normalized spacial score (nSPS) is 10.2. The number of thiophene rings is 1. The van der Waals surface area contributed by atoms with Crippen molar-refractivity contribution in [3.63, 3.8) is 0 Å². The lowest BCUT2D eigenvalue weighted by Crippen LogP contribution is -2.00. The fourth-order valence-corrected chi connectivity index (χ4v) is 2.22. The van der Waals surface area contributed by atoms with E-state index in [1.165, 1.54) is 5.56 Å². The average Bonchev–Trinajstić information content (AvgIpc) is 2.74. The highest BCUT2D eigenvalue weighted by atomic mass is 79.9. The zero-order valence-electron chi connectivity index (χ0n) is 8.15. The van der Waals surface area contributed by atoms with Crippen molar-refractivity contribution in [3.05, 3.63) is 51.1 Å². The first-order valence-corrected chi connectivity index (χ1v) is 6.47. The Hall–Kier alpha value is -0.800. The zero-order chi connectivity index (χ0) is 10.5. The highest BCUT2D eigenvalue weighted by molar-refractivity contribution is 9.10. The molecule has 0 N–H and O–H groups in total. The van der Waals surface area contributed by atoms with Gasteiger partial charge in [0.15, 0.2) is 0 Å². The molecule has 0 bridgehead atoms. The maximum absolute atomic E-state index is 5.62. The molecule has 15 heavy (non-hydrogen) atoms. The van der Waals surface area contributed by atoms with Gasteiger partial charge in [-0.15, -0.1) is 0 Å². The lowest BCUT2D eigenvalue weighted by Gasteiger charge is -2.04. The van der Waals surface area contributed by atoms with E-state index in [9.17, 15) is 0 Å². The van der Waals surface area contributed by atoms with Gasteiger partial charge in [-0.3, -0.25) is 0 Å². The van der Waals surface area contributed by atoms with Gasteiger partial charge in [-0.25, -0.2) is 0 Å². The van der Waals surface area contributed by atoms with Gasteiger partial charge in [-0.1, -0.05) is 15.9 Å². The van der Waals surface area contributed by atoms with Crippen LogP contribution in [-0.2, 0) is 6.42 Å². The van der Waals surface area contributed by atoms with E-state index in [2.05, 4.69) is 32.8 Å². The van der Waals surface area contributed by atoms with Crippen LogP contribution in [0.1, 0.15) is 5.56 Å². The van der Waals surface area contributed by atoms with E-state index < -0.39 is 0 Å². The first-order valence-electron chi connectivity index (χ1n) is 4.74. The summed E-state index contributed by atoms with van der Waals surface area (Å²) in [5, 5.41) is 4.25. The predicted molar refractivity (Wildman–Crippen MR) is 67.7 cm³/mol. The van der Waals surface area contributed by atoms with Crippen molar-refractivity contribution in [2.75, 3.05) is 6.61 Å². The molecule has 0 saturated heterocycles. The molecule has 0 amide bonds. The van der Waals surface area contributed by atoms with Crippen molar-refractivity contribution < 1.29 is 4.74 Å². The summed E-state index contributed by atoms with van der Waals surface area (Å²) in [4.78, 5) is 0. The second-order valence-electron chi connectivity index (χ2n) is 3.18. The summed E-state index contributed by atoms with van der Waals surface area (Å²) in [6.07, 6.45) is 0.972. The minimum atomic E-state index is 0.734. The molecule has 78 valence electrons. The quantitative estimate of drug-likeness (QED) is 0.819. The number of ether oxygens (including phenoxy) is 1. The van der Waals surface area contributed by atoms with Gasteiger partial charge in [0.2, 0.25) is 0 Å². The molecule has 0 aliphatic carbocycles. The molecule has 0 radical (unpaired) electrons. The van der Waals surface area contributed by atoms with Crippen LogP contribution in [-0.4, -0.2) is 6.61 Å². The Morgan fingerprint density at radius 2 is 1.93 bits per heavy atom. The van der Waals surface area contributed by atoms with Gasteiger partial charge in [0, 0.05) is 10.9 Å². The Morgan fingerprint density at radius 1 is 1.13 bits per heavy atom. The molecule has 1 aromatic carbocycles. The number of hydrogen-bond acceptors (Lipinski definition) is 2. The van der Waals surface area contributed by atoms with Crippen molar-refractivity contribution in [2.24, 2.45) is 0 Å². The molecule has 1 heterocycles. The Labute approximate surface area is 102 Å². The minimum Gasteiger partial charge on any atom is -0.493 e. The lowest BCUT2D eigenvalue weighted by molar-refractivity contribution is 0.322. The van der Waals surface area contributed by atoms with Crippen LogP contribution >= 0.6 is 27.3 Å². The Morgan fingerprint density at radius 3 is 2.60 bits per heavy atom. The van der Waals surface area contributed by atoms with Crippen LogP contribution < -0.4 is 4.74 Å². The topological polar surface area (TPSA) is 9.23 Å². The van der Waals surface area contributed by atoms with Crippen LogP contribution in [0.2, 0.25) is 0 Å². The third-order valence-electron chi connectivity index (χ3n) is 2.05. The highest BCUT2D eigenvalue weighted by Crippen LogP contribution is 2.16. The standard InChI is InChI=1S/C12H11BrOS/c13-11-1-3-12(4-2-11)14-7-5-10-6-8-15-9-10/h1-4,6,8-9H,5,7H2. The summed E-state index contributed by atoms with van der Waals surface area (Å²) in [5.74, 6) is 0.924. The molecule has 2 aromatic rings. The van der Waals surface area contributed by atoms with Gasteiger partial charge in [-0.05, 0) is 46.7 Å². The Balaban J connectivity index is 1.81. The smallest absolute Gasteiger partial charge is 0.119 e. The van der Waals surface area contributed by atoms with E-state index in [-0.39, 0.29) is 0 Å². The molecule has 0 fully saturated rings. The van der Waals surface area contributed by atoms with E-state index >= 15 is 0 Å². The van der Waals surface area contributed by atoms with Gasteiger partial charge in [-0.2, -0.15) is 11.3 Å². The Kier molecular flexibility index (Phi) is 3.80. The van der Waals surface area contributed by atoms with E-state index in [0.29, 0.717) is 0 Å². The highest BCUT2D eigenvalue weighted by Gasteiger charge is 1.95. The van der Waals surface area contributed by atoms with Gasteiger partial charge < -0.3 is 4.74 Å². The first-order chi connectivity index (χ1) is 7.34. The largest absolute Gasteiger partial charge is 0.493 e. The van der Waals surface area contributed by atoms with Crippen molar-refractivity contribution in [2.45, 2.75) is 6.42 Å². The molecule has 1 nitrogen and oxygen atoms in total. The van der Waals surface area contributed by atoms with E-state index in [4.69, 9.17) is 4.74 Å². The van der Waals surface area contributed by atoms with Crippen LogP contribution in [0.5, 0.6) is 5.75 Å². The maximum Gasteiger partial charge on any atom is 0.119 e. The minimum absolute atomic E-state index is 0.734. The van der Waals surface area contributed by atoms with E-state index in [1.54, 1.807) is 11.3 Å². The number of hydrogen-bond donors (Lipinski definition) is 0. The van der Waals surface area contributed by atoms with Crippen LogP contribution in [0.25, 0.3) is 0 Å². The van der Waals surface area contributed by atoms with Crippen molar-refractivity contribution in [1.82, 2.24) is 0 Å². The molecule has 0 spiro atoms. The summed E-state index contributed by atoms with van der Waals surface area (Å²) < 4.78 is 6.69. The first kappa shape index (κ1) is 10.7. The number of rotatable bonds is 4. The van der Waals surface area contributed by atoms with Gasteiger partial charge in [0.25, 0.3) is 0 Å². The molecule has 0 atom stereocenters. The molecular formula is C12H11BrOS. The molecule has 3 heteroatoms.